The van der Waals surface area contributed by atoms with Crippen molar-refractivity contribution >= 4 is 27.3 Å². The molecule has 0 radical (unpaired) electrons. The normalized spacial score (nSPS) is 14.8. The van der Waals surface area contributed by atoms with Crippen LogP contribution in [0.5, 0.6) is 0 Å². The van der Waals surface area contributed by atoms with Gasteiger partial charge in [-0.05, 0) is 59.5 Å². The Morgan fingerprint density at radius 2 is 2.10 bits per heavy atom. The number of hydrogen-bond acceptors (Lipinski definition) is 3. The predicted octanol–water partition coefficient (Wildman–Crippen LogP) is 4.39. The van der Waals surface area contributed by atoms with Crippen LogP contribution in [0.2, 0.25) is 0 Å². The summed E-state index contributed by atoms with van der Waals surface area (Å²) in [6, 6.07) is 9.74. The van der Waals surface area contributed by atoms with E-state index in [1.54, 1.807) is 11.3 Å². The summed E-state index contributed by atoms with van der Waals surface area (Å²) in [6.45, 7) is 3.01. The average molecular weight is 365 g/mol. The maximum Gasteiger partial charge on any atom is 0.0251 e. The lowest BCUT2D eigenvalue weighted by Gasteiger charge is -2.22. The van der Waals surface area contributed by atoms with Crippen molar-refractivity contribution in [2.75, 3.05) is 7.05 Å². The first-order chi connectivity index (χ1) is 10.3. The van der Waals surface area contributed by atoms with Crippen molar-refractivity contribution in [3.63, 3.8) is 0 Å². The van der Waals surface area contributed by atoms with Crippen molar-refractivity contribution in [2.24, 2.45) is 0 Å². The van der Waals surface area contributed by atoms with E-state index < -0.39 is 0 Å². The van der Waals surface area contributed by atoms with Crippen LogP contribution in [0, 0.1) is 0 Å². The lowest BCUT2D eigenvalue weighted by atomic mass is 10.1. The molecule has 4 heteroatoms. The van der Waals surface area contributed by atoms with Crippen molar-refractivity contribution in [3.05, 3.63) is 56.2 Å². The molecule has 1 N–H and O–H groups in total. The van der Waals surface area contributed by atoms with Crippen LogP contribution in [-0.2, 0) is 19.6 Å². The van der Waals surface area contributed by atoms with E-state index in [1.807, 2.05) is 7.05 Å². The van der Waals surface area contributed by atoms with Gasteiger partial charge in [0.15, 0.2) is 0 Å². The molecule has 0 spiro atoms. The molecule has 0 atom stereocenters. The molecule has 2 aromatic rings. The first kappa shape index (κ1) is 15.2. The van der Waals surface area contributed by atoms with Crippen LogP contribution >= 0.6 is 27.3 Å². The quantitative estimate of drug-likeness (QED) is 0.783. The van der Waals surface area contributed by atoms with Gasteiger partial charge in [-0.2, -0.15) is 11.3 Å². The van der Waals surface area contributed by atoms with E-state index in [2.05, 4.69) is 61.2 Å². The maximum absolute atomic E-state index is 3.74. The molecular weight excluding hydrogens is 344 g/mol. The molecule has 112 valence electrons. The van der Waals surface area contributed by atoms with E-state index in [4.69, 9.17) is 0 Å². The molecule has 0 saturated heterocycles. The number of nitrogens with zero attached hydrogens (tertiary/aromatic N) is 1. The maximum atomic E-state index is 3.74. The van der Waals surface area contributed by atoms with Gasteiger partial charge in [-0.1, -0.05) is 28.1 Å². The van der Waals surface area contributed by atoms with E-state index >= 15 is 0 Å². The van der Waals surface area contributed by atoms with Gasteiger partial charge in [0.1, 0.15) is 0 Å². The molecule has 21 heavy (non-hydrogen) atoms. The molecule has 1 fully saturated rings. The molecular formula is C17H21BrN2S. The molecule has 2 nitrogen and oxygen atoms in total. The number of nitrogens with one attached hydrogen (secondary N) is 1. The van der Waals surface area contributed by atoms with Gasteiger partial charge in [-0.25, -0.2) is 0 Å². The zero-order valence-corrected chi connectivity index (χ0v) is 14.7. The summed E-state index contributed by atoms with van der Waals surface area (Å²) in [4.78, 5) is 2.61. The fourth-order valence-corrected chi connectivity index (χ4v) is 3.83. The fourth-order valence-electron chi connectivity index (χ4n) is 2.62. The van der Waals surface area contributed by atoms with Crippen LogP contribution in [0.3, 0.4) is 0 Å². The molecule has 3 rings (SSSR count). The van der Waals surface area contributed by atoms with Crippen LogP contribution < -0.4 is 5.32 Å². The molecule has 0 amide bonds. The zero-order chi connectivity index (χ0) is 14.7. The zero-order valence-electron chi connectivity index (χ0n) is 12.3. The van der Waals surface area contributed by atoms with Gasteiger partial charge in [-0.15, -0.1) is 0 Å². The molecule has 0 aliphatic heterocycles. The van der Waals surface area contributed by atoms with E-state index in [0.29, 0.717) is 0 Å². The second-order valence-electron chi connectivity index (χ2n) is 5.72. The molecule has 1 aliphatic rings. The summed E-state index contributed by atoms with van der Waals surface area (Å²) in [5.41, 5.74) is 4.15. The largest absolute Gasteiger partial charge is 0.316 e. The van der Waals surface area contributed by atoms with Crippen molar-refractivity contribution in [2.45, 2.75) is 38.5 Å². The van der Waals surface area contributed by atoms with Gasteiger partial charge in [0.05, 0.1) is 0 Å². The summed E-state index contributed by atoms with van der Waals surface area (Å²) in [5, 5.41) is 7.63. The number of hydrogen-bond donors (Lipinski definition) is 1. The highest BCUT2D eigenvalue weighted by atomic mass is 79.9. The van der Waals surface area contributed by atoms with E-state index in [-0.39, 0.29) is 0 Å². The van der Waals surface area contributed by atoms with Gasteiger partial charge in [-0.3, -0.25) is 4.90 Å². The molecule has 0 bridgehead atoms. The Morgan fingerprint density at radius 1 is 1.24 bits per heavy atom. The van der Waals surface area contributed by atoms with Crippen molar-refractivity contribution in [1.29, 1.82) is 0 Å². The van der Waals surface area contributed by atoms with Gasteiger partial charge in [0.2, 0.25) is 0 Å². The summed E-state index contributed by atoms with van der Waals surface area (Å²) >= 11 is 5.53. The van der Waals surface area contributed by atoms with Gasteiger partial charge >= 0.3 is 0 Å². The number of benzene rings is 1. The second kappa shape index (κ2) is 7.05. The molecule has 1 saturated carbocycles. The third-order valence-corrected chi connectivity index (χ3v) is 5.37. The monoisotopic (exact) mass is 364 g/mol. The number of thiophene rings is 1. The van der Waals surface area contributed by atoms with Crippen molar-refractivity contribution in [3.8, 4) is 0 Å². The van der Waals surface area contributed by atoms with Gasteiger partial charge < -0.3 is 5.32 Å². The highest BCUT2D eigenvalue weighted by Crippen LogP contribution is 2.31. The van der Waals surface area contributed by atoms with Crippen molar-refractivity contribution in [1.82, 2.24) is 10.2 Å². The number of halogens is 1. The highest BCUT2D eigenvalue weighted by Gasteiger charge is 2.29. The lowest BCUT2D eigenvalue weighted by molar-refractivity contribution is 0.245. The first-order valence-electron chi connectivity index (χ1n) is 7.43. The Balaban J connectivity index is 1.70. The topological polar surface area (TPSA) is 15.3 Å². The fraction of sp³-hybridized carbons (Fsp3) is 0.412. The predicted molar refractivity (Wildman–Crippen MR) is 93.5 cm³/mol. The Morgan fingerprint density at radius 3 is 2.71 bits per heavy atom. The van der Waals surface area contributed by atoms with E-state index in [1.165, 1.54) is 34.0 Å². The Kier molecular flexibility index (Phi) is 5.11. The van der Waals surface area contributed by atoms with Crippen LogP contribution in [0.4, 0.5) is 0 Å². The Bertz CT molecular complexity index is 578. The average Bonchev–Trinajstić information content (AvgIpc) is 3.19. The molecule has 1 heterocycles. The smallest absolute Gasteiger partial charge is 0.0251 e. The molecule has 1 aromatic carbocycles. The third kappa shape index (κ3) is 4.16. The molecule has 1 aliphatic carbocycles. The first-order valence-corrected chi connectivity index (χ1v) is 9.17. The van der Waals surface area contributed by atoms with Crippen molar-refractivity contribution < 1.29 is 0 Å². The highest BCUT2D eigenvalue weighted by molar-refractivity contribution is 9.10. The summed E-state index contributed by atoms with van der Waals surface area (Å²) in [6.07, 6.45) is 2.69. The van der Waals surface area contributed by atoms with Gasteiger partial charge in [0.25, 0.3) is 0 Å². The molecule has 0 unspecified atom stereocenters. The summed E-state index contributed by atoms with van der Waals surface area (Å²) in [5.74, 6) is 0. The van der Waals surface area contributed by atoms with Crippen LogP contribution in [-0.4, -0.2) is 18.0 Å². The van der Waals surface area contributed by atoms with Crippen LogP contribution in [0.25, 0.3) is 0 Å². The van der Waals surface area contributed by atoms with E-state index in [9.17, 15) is 0 Å². The van der Waals surface area contributed by atoms with Gasteiger partial charge in [0, 0.05) is 30.1 Å². The second-order valence-corrected chi connectivity index (χ2v) is 7.36. The summed E-state index contributed by atoms with van der Waals surface area (Å²) in [7, 11) is 1.98. The standard InChI is InChI=1S/C17H21BrN2S/c1-19-9-13-2-3-15(17(18)8-13)11-20(16-4-5-16)10-14-6-7-21-12-14/h2-3,6-8,12,16,19H,4-5,9-11H2,1H3. The minimum atomic E-state index is 0.772. The third-order valence-electron chi connectivity index (χ3n) is 3.90. The Labute approximate surface area is 139 Å². The van der Waals surface area contributed by atoms with E-state index in [0.717, 1.165) is 25.7 Å². The summed E-state index contributed by atoms with van der Waals surface area (Å²) < 4.78 is 1.23. The minimum absolute atomic E-state index is 0.772. The minimum Gasteiger partial charge on any atom is -0.316 e. The van der Waals surface area contributed by atoms with Crippen LogP contribution in [0.1, 0.15) is 29.5 Å². The lowest BCUT2D eigenvalue weighted by Crippen LogP contribution is -2.25. The van der Waals surface area contributed by atoms with Crippen LogP contribution in [0.15, 0.2) is 39.5 Å². The molecule has 1 aromatic heterocycles. The Hall–Kier alpha value is -0.680. The number of rotatable bonds is 7. The SMILES string of the molecule is CNCc1ccc(CN(Cc2ccsc2)C2CC2)c(Br)c1.